The van der Waals surface area contributed by atoms with Gasteiger partial charge in [-0.05, 0) is 48.3 Å². The average Bonchev–Trinajstić information content (AvgIpc) is 2.72. The first-order valence-corrected chi connectivity index (χ1v) is 9.96. The molecule has 0 radical (unpaired) electrons. The molecule has 3 aromatic rings. The van der Waals surface area contributed by atoms with Crippen LogP contribution in [0.5, 0.6) is 0 Å². The number of rotatable bonds is 11. The van der Waals surface area contributed by atoms with Gasteiger partial charge in [0.2, 0.25) is 0 Å². The predicted molar refractivity (Wildman–Crippen MR) is 116 cm³/mol. The smallest absolute Gasteiger partial charge is 0.0233 e. The summed E-state index contributed by atoms with van der Waals surface area (Å²) in [6, 6.07) is 26.4. The molecule has 0 saturated heterocycles. The first-order chi connectivity index (χ1) is 13.4. The van der Waals surface area contributed by atoms with Crippen molar-refractivity contribution in [1.82, 2.24) is 16.0 Å². The number of nitrogens with one attached hydrogen (secondary N) is 3. The Morgan fingerprint density at radius 2 is 1.56 bits per heavy atom. The lowest BCUT2D eigenvalue weighted by molar-refractivity contribution is 0.473. The minimum Gasteiger partial charge on any atom is -0.318 e. The van der Waals surface area contributed by atoms with Gasteiger partial charge >= 0.3 is 0 Å². The van der Waals surface area contributed by atoms with E-state index in [0.717, 1.165) is 39.0 Å². The summed E-state index contributed by atoms with van der Waals surface area (Å²) in [6.45, 7) is 3.95. The van der Waals surface area contributed by atoms with Crippen LogP contribution in [0.25, 0.3) is 10.8 Å². The van der Waals surface area contributed by atoms with E-state index in [4.69, 9.17) is 0 Å². The van der Waals surface area contributed by atoms with E-state index in [1.807, 2.05) is 7.05 Å². The fraction of sp³-hybridized carbons (Fsp3) is 0.333. The van der Waals surface area contributed by atoms with Crippen LogP contribution in [0, 0.1) is 0 Å². The van der Waals surface area contributed by atoms with Crippen molar-refractivity contribution in [2.45, 2.75) is 18.9 Å². The highest BCUT2D eigenvalue weighted by molar-refractivity contribution is 5.85. The highest BCUT2D eigenvalue weighted by Gasteiger charge is 2.11. The maximum atomic E-state index is 3.78. The molecule has 3 rings (SSSR count). The van der Waals surface area contributed by atoms with E-state index >= 15 is 0 Å². The SMILES string of the molecule is CNCCNC[C@H](Cc1cccc2ccccc12)NCCc1ccccc1. The molecule has 3 heteroatoms. The van der Waals surface area contributed by atoms with Crippen molar-refractivity contribution in [3.8, 4) is 0 Å². The number of fused-ring (bicyclic) bond motifs is 1. The quantitative estimate of drug-likeness (QED) is 0.458. The van der Waals surface area contributed by atoms with Crippen molar-refractivity contribution in [3.63, 3.8) is 0 Å². The van der Waals surface area contributed by atoms with Gasteiger partial charge in [-0.1, -0.05) is 72.8 Å². The summed E-state index contributed by atoms with van der Waals surface area (Å²) in [6.07, 6.45) is 2.09. The molecule has 0 unspecified atom stereocenters. The molecule has 0 saturated carbocycles. The van der Waals surface area contributed by atoms with Crippen LogP contribution in [0.4, 0.5) is 0 Å². The Labute approximate surface area is 163 Å². The van der Waals surface area contributed by atoms with Crippen LogP contribution in [-0.2, 0) is 12.8 Å². The standard InChI is InChI=1S/C24H31N3/c1-25-16-17-26-19-23(27-15-14-20-8-3-2-4-9-20)18-22-12-7-11-21-10-5-6-13-24(21)22/h2-13,23,25-27H,14-19H2,1H3/t23-/m0/s1. The maximum absolute atomic E-state index is 3.78. The molecule has 0 amide bonds. The lowest BCUT2D eigenvalue weighted by Crippen LogP contribution is -2.42. The fourth-order valence-corrected chi connectivity index (χ4v) is 3.51. The Balaban J connectivity index is 1.63. The molecule has 0 heterocycles. The van der Waals surface area contributed by atoms with Crippen LogP contribution in [0.3, 0.4) is 0 Å². The Bertz CT molecular complexity index is 796. The van der Waals surface area contributed by atoms with Crippen molar-refractivity contribution in [2.75, 3.05) is 33.2 Å². The fourth-order valence-electron chi connectivity index (χ4n) is 3.51. The third-order valence-corrected chi connectivity index (χ3v) is 4.98. The summed E-state index contributed by atoms with van der Waals surface area (Å²) in [5, 5.41) is 13.2. The predicted octanol–water partition coefficient (Wildman–Crippen LogP) is 3.39. The molecule has 0 fully saturated rings. The summed E-state index contributed by atoms with van der Waals surface area (Å²) < 4.78 is 0. The average molecular weight is 362 g/mol. The highest BCUT2D eigenvalue weighted by atomic mass is 15.0. The molecule has 3 aromatic carbocycles. The van der Waals surface area contributed by atoms with Gasteiger partial charge in [-0.3, -0.25) is 0 Å². The zero-order valence-corrected chi connectivity index (χ0v) is 16.2. The van der Waals surface area contributed by atoms with Crippen molar-refractivity contribution < 1.29 is 0 Å². The van der Waals surface area contributed by atoms with Crippen molar-refractivity contribution in [2.24, 2.45) is 0 Å². The van der Waals surface area contributed by atoms with E-state index in [2.05, 4.69) is 88.7 Å². The lowest BCUT2D eigenvalue weighted by atomic mass is 9.98. The summed E-state index contributed by atoms with van der Waals surface area (Å²) in [7, 11) is 1.99. The largest absolute Gasteiger partial charge is 0.318 e. The van der Waals surface area contributed by atoms with Gasteiger partial charge in [0.05, 0.1) is 0 Å². The van der Waals surface area contributed by atoms with Crippen LogP contribution in [0.15, 0.2) is 72.8 Å². The summed E-state index contributed by atoms with van der Waals surface area (Å²) >= 11 is 0. The van der Waals surface area contributed by atoms with Gasteiger partial charge in [0.25, 0.3) is 0 Å². The topological polar surface area (TPSA) is 36.1 Å². The second-order valence-corrected chi connectivity index (χ2v) is 7.04. The van der Waals surface area contributed by atoms with Gasteiger partial charge in [0, 0.05) is 25.7 Å². The zero-order chi connectivity index (χ0) is 18.7. The normalized spacial score (nSPS) is 12.3. The van der Waals surface area contributed by atoms with E-state index in [0.29, 0.717) is 6.04 Å². The molecule has 0 aromatic heterocycles. The summed E-state index contributed by atoms with van der Waals surface area (Å²) in [5.41, 5.74) is 2.80. The molecule has 0 aliphatic heterocycles. The van der Waals surface area contributed by atoms with E-state index in [-0.39, 0.29) is 0 Å². The molecular weight excluding hydrogens is 330 g/mol. The van der Waals surface area contributed by atoms with Crippen LogP contribution >= 0.6 is 0 Å². The Morgan fingerprint density at radius 3 is 2.41 bits per heavy atom. The minimum atomic E-state index is 0.413. The van der Waals surface area contributed by atoms with Crippen LogP contribution in [-0.4, -0.2) is 39.3 Å². The van der Waals surface area contributed by atoms with Gasteiger partial charge in [0.1, 0.15) is 0 Å². The molecule has 0 bridgehead atoms. The van der Waals surface area contributed by atoms with Gasteiger partial charge < -0.3 is 16.0 Å². The van der Waals surface area contributed by atoms with Crippen LogP contribution in [0.1, 0.15) is 11.1 Å². The monoisotopic (exact) mass is 361 g/mol. The van der Waals surface area contributed by atoms with Crippen molar-refractivity contribution in [1.29, 1.82) is 0 Å². The Kier molecular flexibility index (Phi) is 7.84. The number of hydrogen-bond donors (Lipinski definition) is 3. The van der Waals surface area contributed by atoms with Crippen LogP contribution in [0.2, 0.25) is 0 Å². The molecule has 3 nitrogen and oxygen atoms in total. The van der Waals surface area contributed by atoms with Gasteiger partial charge in [-0.2, -0.15) is 0 Å². The number of hydrogen-bond acceptors (Lipinski definition) is 3. The van der Waals surface area contributed by atoms with Gasteiger partial charge in [-0.15, -0.1) is 0 Å². The molecule has 0 aliphatic rings. The second kappa shape index (κ2) is 10.8. The minimum absolute atomic E-state index is 0.413. The first-order valence-electron chi connectivity index (χ1n) is 9.96. The zero-order valence-electron chi connectivity index (χ0n) is 16.2. The maximum Gasteiger partial charge on any atom is 0.0233 e. The molecule has 3 N–H and O–H groups in total. The molecule has 1 atom stereocenters. The third kappa shape index (κ3) is 6.17. The molecule has 0 spiro atoms. The van der Waals surface area contributed by atoms with Crippen molar-refractivity contribution >= 4 is 10.8 Å². The summed E-state index contributed by atoms with van der Waals surface area (Å²) in [5.74, 6) is 0. The highest BCUT2D eigenvalue weighted by Crippen LogP contribution is 2.19. The molecule has 142 valence electrons. The van der Waals surface area contributed by atoms with Crippen LogP contribution < -0.4 is 16.0 Å². The molecule has 27 heavy (non-hydrogen) atoms. The lowest BCUT2D eigenvalue weighted by Gasteiger charge is -2.21. The van der Waals surface area contributed by atoms with E-state index in [1.165, 1.54) is 21.9 Å². The van der Waals surface area contributed by atoms with E-state index < -0.39 is 0 Å². The van der Waals surface area contributed by atoms with E-state index in [9.17, 15) is 0 Å². The third-order valence-electron chi connectivity index (χ3n) is 4.98. The van der Waals surface area contributed by atoms with E-state index in [1.54, 1.807) is 0 Å². The number of benzene rings is 3. The Morgan fingerprint density at radius 1 is 0.778 bits per heavy atom. The number of likely N-dealkylation sites (N-methyl/N-ethyl adjacent to an activating group) is 1. The van der Waals surface area contributed by atoms with Crippen molar-refractivity contribution in [3.05, 3.63) is 83.9 Å². The first kappa shape index (κ1) is 19.6. The Hall–Kier alpha value is -2.20. The summed E-state index contributed by atoms with van der Waals surface area (Å²) in [4.78, 5) is 0. The molecule has 0 aliphatic carbocycles. The van der Waals surface area contributed by atoms with Gasteiger partial charge in [-0.25, -0.2) is 0 Å². The van der Waals surface area contributed by atoms with Gasteiger partial charge in [0.15, 0.2) is 0 Å². The molecular formula is C24H31N3. The second-order valence-electron chi connectivity index (χ2n) is 7.04.